The van der Waals surface area contributed by atoms with Crippen molar-refractivity contribution in [2.24, 2.45) is 0 Å². The predicted octanol–water partition coefficient (Wildman–Crippen LogP) is 8.78. The van der Waals surface area contributed by atoms with Gasteiger partial charge in [0.2, 0.25) is 12.3 Å². The highest BCUT2D eigenvalue weighted by Gasteiger charge is 2.30. The number of ether oxygens (including phenoxy) is 2. The van der Waals surface area contributed by atoms with Gasteiger partial charge in [-0.25, -0.2) is 9.78 Å². The number of carbonyl (C=O) groups is 3. The summed E-state index contributed by atoms with van der Waals surface area (Å²) in [5.74, 6) is 1.81. The molecule has 0 radical (unpaired) electrons. The van der Waals surface area contributed by atoms with E-state index in [1.165, 1.54) is 6.08 Å². The van der Waals surface area contributed by atoms with Crippen LogP contribution in [0.5, 0.6) is 17.2 Å². The number of para-hydroxylation sites is 1. The van der Waals surface area contributed by atoms with E-state index in [-0.39, 0.29) is 18.0 Å². The van der Waals surface area contributed by atoms with Crippen LogP contribution >= 0.6 is 11.3 Å². The number of hydrogen-bond donors (Lipinski definition) is 2. The van der Waals surface area contributed by atoms with Crippen molar-refractivity contribution in [1.82, 2.24) is 15.2 Å². The molecule has 12 heteroatoms. The summed E-state index contributed by atoms with van der Waals surface area (Å²) >= 11 is 1.57. The third-order valence-corrected chi connectivity index (χ3v) is 9.59. The molecular weight excluding hydrogens is 689 g/mol. The Labute approximate surface area is 313 Å². The molecule has 4 heterocycles. The number of nitriles is 1. The quantitative estimate of drug-likeness (QED) is 0.114. The van der Waals surface area contributed by atoms with Gasteiger partial charge in [0.05, 0.1) is 28.0 Å². The van der Waals surface area contributed by atoms with E-state index in [1.807, 2.05) is 88.4 Å². The number of aryl methyl sites for hydroxylation is 2. The molecule has 1 atom stereocenters. The topological polar surface area (TPSA) is 137 Å². The number of urea groups is 1. The standard InChI is InChI=1S/C30H22N4O3S.C9H14N2O2.C2H6/c1-18-14-23(37-22-8-5-6-20(15-22)17-36-26-9-4-3-7-21(26)16-31)10-11-24(18)34-25-12-13-32-29-27(25)28(19(2)38-29)33-30(34)35;1-2-9(13)11-5-3-4-8(6-11)10-7-12;1-2/h3-15H,17H2,1-2H3,(H,33,35);2,7-8H,1,3-6H2,(H,10,12);1-2H3. The van der Waals surface area contributed by atoms with Crippen LogP contribution in [0.3, 0.4) is 0 Å². The highest BCUT2D eigenvalue weighted by molar-refractivity contribution is 7.19. The van der Waals surface area contributed by atoms with E-state index in [0.717, 1.165) is 62.7 Å². The minimum absolute atomic E-state index is 0.0580. The second kappa shape index (κ2) is 17.8. The largest absolute Gasteiger partial charge is 0.488 e. The molecule has 0 aliphatic carbocycles. The summed E-state index contributed by atoms with van der Waals surface area (Å²) in [4.78, 5) is 44.4. The number of benzene rings is 3. The van der Waals surface area contributed by atoms with Gasteiger partial charge in [-0.05, 0) is 92.4 Å². The van der Waals surface area contributed by atoms with Crippen molar-refractivity contribution < 1.29 is 23.9 Å². The maximum atomic E-state index is 13.2. The lowest BCUT2D eigenvalue weighted by Crippen LogP contribution is -2.47. The molecule has 4 amide bonds. The lowest BCUT2D eigenvalue weighted by Gasteiger charge is -2.31. The number of nitrogens with zero attached hydrogens (tertiary/aromatic N) is 4. The van der Waals surface area contributed by atoms with Crippen LogP contribution in [0.15, 0.2) is 91.6 Å². The highest BCUT2D eigenvalue weighted by Crippen LogP contribution is 2.46. The van der Waals surface area contributed by atoms with Gasteiger partial charge in [0.1, 0.15) is 34.8 Å². The molecule has 0 saturated carbocycles. The Balaban J connectivity index is 0.000000305. The highest BCUT2D eigenvalue weighted by atomic mass is 32.1. The van der Waals surface area contributed by atoms with Gasteiger partial charge in [0, 0.05) is 30.2 Å². The van der Waals surface area contributed by atoms with Crippen LogP contribution in [-0.2, 0) is 16.2 Å². The Bertz CT molecular complexity index is 2160. The number of rotatable bonds is 9. The maximum absolute atomic E-state index is 13.2. The number of likely N-dealkylation sites (tertiary alicyclic amines) is 1. The molecule has 1 unspecified atom stereocenters. The van der Waals surface area contributed by atoms with Crippen LogP contribution in [0.2, 0.25) is 0 Å². The third kappa shape index (κ3) is 8.83. The summed E-state index contributed by atoms with van der Waals surface area (Å²) in [7, 11) is 0. The first-order chi connectivity index (χ1) is 25.8. The van der Waals surface area contributed by atoms with E-state index >= 15 is 0 Å². The number of nitrogens with one attached hydrogen (secondary N) is 2. The zero-order valence-electron chi connectivity index (χ0n) is 30.2. The van der Waals surface area contributed by atoms with Gasteiger partial charge in [-0.3, -0.25) is 14.5 Å². The summed E-state index contributed by atoms with van der Waals surface area (Å²) in [6.07, 6.45) is 5.62. The zero-order valence-corrected chi connectivity index (χ0v) is 31.0. The van der Waals surface area contributed by atoms with E-state index in [4.69, 9.17) is 9.47 Å². The molecule has 2 aromatic heterocycles. The van der Waals surface area contributed by atoms with Crippen molar-refractivity contribution >= 4 is 57.0 Å². The molecule has 11 nitrogen and oxygen atoms in total. The van der Waals surface area contributed by atoms with Crippen LogP contribution in [-0.4, -0.2) is 47.4 Å². The first-order valence-electron chi connectivity index (χ1n) is 17.4. The Morgan fingerprint density at radius 1 is 1.09 bits per heavy atom. The summed E-state index contributed by atoms with van der Waals surface area (Å²) < 4.78 is 12.0. The third-order valence-electron chi connectivity index (χ3n) is 8.58. The minimum Gasteiger partial charge on any atom is -0.488 e. The Kier molecular flexibility index (Phi) is 12.8. The molecule has 3 aromatic carbocycles. The Hall–Kier alpha value is -6.19. The molecule has 53 heavy (non-hydrogen) atoms. The van der Waals surface area contributed by atoms with Crippen molar-refractivity contribution in [2.45, 2.75) is 53.2 Å². The number of hydrogen-bond acceptors (Lipinski definition) is 8. The first-order valence-corrected chi connectivity index (χ1v) is 18.2. The van der Waals surface area contributed by atoms with Crippen molar-refractivity contribution in [3.05, 3.63) is 113 Å². The molecule has 5 aromatic rings. The zero-order chi connectivity index (χ0) is 37.9. The van der Waals surface area contributed by atoms with Gasteiger partial charge in [-0.2, -0.15) is 5.26 Å². The summed E-state index contributed by atoms with van der Waals surface area (Å²) in [5, 5.41) is 16.0. The SMILES string of the molecule is C=CC(=O)N1CCCC(NC=O)C1.CC.Cc1cc(Oc2cccc(COc3ccccc3C#N)c2)ccc1N1C(=O)Nc2c(C)sc3nccc1c23. The van der Waals surface area contributed by atoms with Gasteiger partial charge in [0.15, 0.2) is 0 Å². The number of carbonyl (C=O) groups excluding carboxylic acids is 3. The monoisotopic (exact) mass is 730 g/mol. The first kappa shape index (κ1) is 38.1. The second-order valence-electron chi connectivity index (χ2n) is 12.0. The van der Waals surface area contributed by atoms with Gasteiger partial charge >= 0.3 is 6.03 Å². The van der Waals surface area contributed by atoms with Gasteiger partial charge in [-0.15, -0.1) is 11.3 Å². The molecule has 2 aliphatic heterocycles. The normalized spacial score (nSPS) is 14.3. The minimum atomic E-state index is -0.200. The number of piperidine rings is 1. The van der Waals surface area contributed by atoms with E-state index in [0.29, 0.717) is 42.4 Å². The molecular formula is C41H42N6O5S. The van der Waals surface area contributed by atoms with Crippen molar-refractivity contribution in [3.8, 4) is 23.3 Å². The average molecular weight is 731 g/mol. The molecule has 0 bridgehead atoms. The van der Waals surface area contributed by atoms with E-state index in [1.54, 1.807) is 39.5 Å². The lowest BCUT2D eigenvalue weighted by molar-refractivity contribution is -0.127. The molecule has 7 rings (SSSR count). The van der Waals surface area contributed by atoms with E-state index in [2.05, 4.69) is 28.3 Å². The average Bonchev–Trinajstić information content (AvgIpc) is 3.51. The van der Waals surface area contributed by atoms with Gasteiger partial charge in [-0.1, -0.05) is 44.7 Å². The van der Waals surface area contributed by atoms with Crippen LogP contribution in [0.1, 0.15) is 48.3 Å². The fourth-order valence-corrected chi connectivity index (χ4v) is 7.09. The van der Waals surface area contributed by atoms with Crippen LogP contribution in [0, 0.1) is 25.2 Å². The molecule has 272 valence electrons. The fourth-order valence-electron chi connectivity index (χ4n) is 6.13. The number of anilines is 3. The second-order valence-corrected chi connectivity index (χ2v) is 13.2. The van der Waals surface area contributed by atoms with E-state index in [9.17, 15) is 19.6 Å². The van der Waals surface area contributed by atoms with Gasteiger partial charge < -0.3 is 25.0 Å². The van der Waals surface area contributed by atoms with Crippen LogP contribution < -0.4 is 25.0 Å². The van der Waals surface area contributed by atoms with Crippen LogP contribution in [0.25, 0.3) is 10.2 Å². The molecule has 0 spiro atoms. The predicted molar refractivity (Wildman–Crippen MR) is 209 cm³/mol. The smallest absolute Gasteiger partial charge is 0.331 e. The summed E-state index contributed by atoms with van der Waals surface area (Å²) in [6.45, 7) is 13.0. The lowest BCUT2D eigenvalue weighted by atomic mass is 10.1. The van der Waals surface area contributed by atoms with Crippen LogP contribution in [0.4, 0.5) is 21.9 Å². The van der Waals surface area contributed by atoms with Crippen molar-refractivity contribution in [1.29, 1.82) is 5.26 Å². The Morgan fingerprint density at radius 3 is 2.64 bits per heavy atom. The summed E-state index contributed by atoms with van der Waals surface area (Å²) in [5.41, 5.74) is 4.74. The van der Waals surface area contributed by atoms with E-state index < -0.39 is 0 Å². The number of aromatic nitrogens is 1. The number of amides is 4. The van der Waals surface area contributed by atoms with Crippen molar-refractivity contribution in [2.75, 3.05) is 23.3 Å². The molecule has 2 N–H and O–H groups in total. The molecule has 1 saturated heterocycles. The van der Waals surface area contributed by atoms with Crippen molar-refractivity contribution in [3.63, 3.8) is 0 Å². The molecule has 2 aliphatic rings. The molecule has 1 fully saturated rings. The Morgan fingerprint density at radius 2 is 1.89 bits per heavy atom. The number of pyridine rings is 1. The van der Waals surface area contributed by atoms with Gasteiger partial charge in [0.25, 0.3) is 0 Å². The maximum Gasteiger partial charge on any atom is 0.331 e. The fraction of sp³-hybridized carbons (Fsp3) is 0.244. The summed E-state index contributed by atoms with van der Waals surface area (Å²) in [6, 6.07) is 24.4. The number of thiophene rings is 1.